The zero-order valence-electron chi connectivity index (χ0n) is 20.1. The topological polar surface area (TPSA) is 96.7 Å². The Morgan fingerprint density at radius 1 is 1.13 bits per heavy atom. The minimum atomic E-state index is -2.91. The van der Waals surface area contributed by atoms with Crippen LogP contribution in [-0.2, 0) is 21.2 Å². The monoisotopic (exact) mass is 429 g/mol. The fourth-order valence-corrected chi connectivity index (χ4v) is 4.76. The van der Waals surface area contributed by atoms with Gasteiger partial charge in [-0.25, -0.2) is 12.9 Å². The normalized spacial score (nSPS) is 24.4. The number of aromatic nitrogens is 3. The number of hydrogen-bond donors (Lipinski definition) is 1. The Morgan fingerprint density at radius 2 is 1.87 bits per heavy atom. The number of rotatable bonds is 5. The maximum absolute atomic E-state index is 12.4. The lowest BCUT2D eigenvalue weighted by Crippen LogP contribution is -2.39. The molecule has 9 heteroatoms. The van der Waals surface area contributed by atoms with E-state index in [0.29, 0.717) is 25.3 Å². The van der Waals surface area contributed by atoms with Crippen LogP contribution in [0, 0.1) is 5.92 Å². The molecule has 3 aromatic rings. The number of anilines is 1. The minimum absolute atomic E-state index is 0.0207. The van der Waals surface area contributed by atoms with Gasteiger partial charge in [0.2, 0.25) is 11.9 Å². The van der Waals surface area contributed by atoms with E-state index in [1.54, 1.807) is 10.6 Å². The van der Waals surface area contributed by atoms with Crippen LogP contribution in [0.3, 0.4) is 0 Å². The van der Waals surface area contributed by atoms with E-state index < -0.39 is 34.4 Å². The highest BCUT2D eigenvalue weighted by Crippen LogP contribution is 2.30. The number of pyridine rings is 1. The molecule has 1 aliphatic heterocycles. The van der Waals surface area contributed by atoms with Crippen LogP contribution < -0.4 is 5.32 Å². The van der Waals surface area contributed by atoms with Crippen molar-refractivity contribution < 1.29 is 18.7 Å². The molecule has 30 heavy (non-hydrogen) atoms. The van der Waals surface area contributed by atoms with E-state index >= 15 is 0 Å². The van der Waals surface area contributed by atoms with Crippen LogP contribution in [0.4, 0.5) is 5.95 Å². The van der Waals surface area contributed by atoms with Gasteiger partial charge < -0.3 is 0 Å². The van der Waals surface area contributed by atoms with Gasteiger partial charge in [0.1, 0.15) is 0 Å². The van der Waals surface area contributed by atoms with E-state index in [1.807, 2.05) is 36.4 Å². The Kier molecular flexibility index (Phi) is 3.76. The Morgan fingerprint density at radius 3 is 2.57 bits per heavy atom. The van der Waals surface area contributed by atoms with Crippen molar-refractivity contribution in [2.24, 2.45) is 5.92 Å². The van der Waals surface area contributed by atoms with E-state index in [4.69, 9.17) is 5.48 Å². The molecule has 1 aliphatic carbocycles. The molecule has 2 aromatic heterocycles. The average molecular weight is 430 g/mol. The highest BCUT2D eigenvalue weighted by molar-refractivity contribution is 7.91. The Hall–Kier alpha value is -2.78. The molecule has 1 saturated heterocycles. The van der Waals surface area contributed by atoms with Crippen LogP contribution in [0.2, 0.25) is 0 Å². The molecule has 1 saturated carbocycles. The third-order valence-corrected chi connectivity index (χ3v) is 6.85. The summed E-state index contributed by atoms with van der Waals surface area (Å²) in [5, 5.41) is 6.76. The first-order valence-corrected chi connectivity index (χ1v) is 11.5. The first-order chi connectivity index (χ1) is 16.0. The summed E-state index contributed by atoms with van der Waals surface area (Å²) in [6.07, 6.45) is -4.43. The first kappa shape index (κ1) is 15.1. The quantitative estimate of drug-likeness (QED) is 0.666. The van der Waals surface area contributed by atoms with Crippen molar-refractivity contribution in [3.63, 3.8) is 0 Å². The molecular formula is C21H23N5O3S. The number of fused-ring (bicyclic) bond motifs is 1. The summed E-state index contributed by atoms with van der Waals surface area (Å²) in [6.45, 7) is 1.73. The highest BCUT2D eigenvalue weighted by Gasteiger charge is 2.30. The second-order valence-corrected chi connectivity index (χ2v) is 9.76. The van der Waals surface area contributed by atoms with Crippen molar-refractivity contribution >= 4 is 27.3 Å². The largest absolute Gasteiger partial charge is 0.297 e. The lowest BCUT2D eigenvalue weighted by molar-refractivity contribution is -0.117. The number of sulfone groups is 1. The van der Waals surface area contributed by atoms with Crippen molar-refractivity contribution in [2.45, 2.75) is 19.3 Å². The summed E-state index contributed by atoms with van der Waals surface area (Å²) in [4.78, 5) is 18.7. The molecule has 156 valence electrons. The number of nitrogens with one attached hydrogen (secondary N) is 1. The summed E-state index contributed by atoms with van der Waals surface area (Å²) in [7, 11) is -2.91. The third-order valence-electron chi connectivity index (χ3n) is 5.24. The molecule has 2 fully saturated rings. The molecular weight excluding hydrogens is 402 g/mol. The molecule has 0 radical (unpaired) electrons. The molecule has 5 rings (SSSR count). The van der Waals surface area contributed by atoms with Crippen molar-refractivity contribution in [1.82, 2.24) is 19.5 Å². The SMILES string of the molecule is [2H]C1([2H])C(C(=O)Nc2nc3cccc(-c4ccc(CN5CCS(=O)(=O)CC5)cc4)n3n2)C1([2H])[2H]. The molecule has 1 amide bonds. The molecule has 1 N–H and O–H groups in total. The van der Waals surface area contributed by atoms with E-state index in [2.05, 4.69) is 20.3 Å². The number of benzene rings is 1. The van der Waals surface area contributed by atoms with Crippen molar-refractivity contribution in [3.8, 4) is 11.3 Å². The average Bonchev–Trinajstić information content (AvgIpc) is 3.03. The first-order valence-electron chi connectivity index (χ1n) is 11.7. The van der Waals surface area contributed by atoms with Gasteiger partial charge in [0.05, 0.1) is 17.2 Å². The van der Waals surface area contributed by atoms with Crippen molar-refractivity contribution in [2.75, 3.05) is 29.9 Å². The predicted molar refractivity (Wildman–Crippen MR) is 114 cm³/mol. The van der Waals surface area contributed by atoms with Gasteiger partial charge >= 0.3 is 0 Å². The van der Waals surface area contributed by atoms with Crippen LogP contribution in [-0.4, -0.2) is 58.4 Å². The maximum atomic E-state index is 12.4. The lowest BCUT2D eigenvalue weighted by Gasteiger charge is -2.26. The Balaban J connectivity index is 1.32. The predicted octanol–water partition coefficient (Wildman–Crippen LogP) is 1.98. The van der Waals surface area contributed by atoms with Gasteiger partial charge in [-0.3, -0.25) is 15.0 Å². The smallest absolute Gasteiger partial charge is 0.249 e. The van der Waals surface area contributed by atoms with E-state index in [9.17, 15) is 13.2 Å². The minimum Gasteiger partial charge on any atom is -0.297 e. The van der Waals surface area contributed by atoms with Crippen molar-refractivity contribution in [1.29, 1.82) is 0 Å². The highest BCUT2D eigenvalue weighted by atomic mass is 32.2. The number of hydrogen-bond acceptors (Lipinski definition) is 6. The third kappa shape index (κ3) is 4.08. The second-order valence-electron chi connectivity index (χ2n) is 7.45. The van der Waals surface area contributed by atoms with E-state index in [1.165, 1.54) is 0 Å². The van der Waals surface area contributed by atoms with E-state index in [-0.39, 0.29) is 17.5 Å². The van der Waals surface area contributed by atoms with Crippen molar-refractivity contribution in [3.05, 3.63) is 48.0 Å². The lowest BCUT2D eigenvalue weighted by atomic mass is 10.1. The Labute approximate surface area is 180 Å². The summed E-state index contributed by atoms with van der Waals surface area (Å²) >= 11 is 0. The van der Waals surface area contributed by atoms with Gasteiger partial charge in [0.25, 0.3) is 0 Å². The van der Waals surface area contributed by atoms with E-state index in [0.717, 1.165) is 16.8 Å². The van der Waals surface area contributed by atoms with Crippen LogP contribution >= 0.6 is 0 Å². The van der Waals surface area contributed by atoms with Gasteiger partial charge in [-0.05, 0) is 30.4 Å². The van der Waals surface area contributed by atoms with Gasteiger partial charge in [-0.15, -0.1) is 5.10 Å². The molecule has 0 unspecified atom stereocenters. The van der Waals surface area contributed by atoms with Gasteiger partial charge in [0, 0.05) is 36.6 Å². The summed E-state index contributed by atoms with van der Waals surface area (Å²) in [6, 6.07) is 13.2. The summed E-state index contributed by atoms with van der Waals surface area (Å²) in [5.74, 6) is -1.84. The van der Waals surface area contributed by atoms with Crippen LogP contribution in [0.25, 0.3) is 16.9 Å². The van der Waals surface area contributed by atoms with Crippen LogP contribution in [0.15, 0.2) is 42.5 Å². The number of carbonyl (C=O) groups is 1. The number of amides is 1. The summed E-state index contributed by atoms with van der Waals surface area (Å²) in [5.41, 5.74) is 3.15. The van der Waals surface area contributed by atoms with Crippen LogP contribution in [0.1, 0.15) is 23.8 Å². The fraction of sp³-hybridized carbons (Fsp3) is 0.381. The van der Waals surface area contributed by atoms with Crippen LogP contribution in [0.5, 0.6) is 0 Å². The van der Waals surface area contributed by atoms with Gasteiger partial charge in [0.15, 0.2) is 15.5 Å². The molecule has 1 aromatic carbocycles. The number of carbonyl (C=O) groups excluding carboxylic acids is 1. The summed E-state index contributed by atoms with van der Waals surface area (Å²) < 4.78 is 55.3. The second kappa shape index (κ2) is 7.48. The molecule has 8 nitrogen and oxygen atoms in total. The molecule has 0 bridgehead atoms. The molecule has 0 atom stereocenters. The molecule has 3 heterocycles. The zero-order chi connectivity index (χ0) is 24.3. The fourth-order valence-electron chi connectivity index (χ4n) is 3.48. The van der Waals surface area contributed by atoms with Gasteiger partial charge in [-0.1, -0.05) is 30.3 Å². The standard InChI is InChI=1S/C21H23N5O3S/c27-20(17-8-9-17)23-21-22-19-3-1-2-18(26(19)24-21)16-6-4-15(5-7-16)14-25-10-12-30(28,29)13-11-25/h1-7,17H,8-14H2,(H,23,24,27)/i8D2,9D2. The maximum Gasteiger partial charge on any atom is 0.249 e. The van der Waals surface area contributed by atoms with Gasteiger partial charge in [-0.2, -0.15) is 4.98 Å². The molecule has 2 aliphatic rings. The zero-order valence-corrected chi connectivity index (χ0v) is 16.9. The number of nitrogens with zero attached hydrogens (tertiary/aromatic N) is 4. The Bertz CT molecular complexity index is 1350. The molecule has 0 spiro atoms.